The zero-order valence-electron chi connectivity index (χ0n) is 14.4. The van der Waals surface area contributed by atoms with Crippen LogP contribution >= 0.6 is 11.3 Å². The molecule has 1 aromatic heterocycles. The number of aromatic nitrogens is 1. The Morgan fingerprint density at radius 1 is 0.923 bits per heavy atom. The summed E-state index contributed by atoms with van der Waals surface area (Å²) in [6, 6.07) is 18.8. The van der Waals surface area contributed by atoms with Gasteiger partial charge in [0, 0.05) is 17.0 Å². The normalized spacial score (nSPS) is 14.3. The number of benzene rings is 2. The lowest BCUT2D eigenvalue weighted by atomic mass is 10.0. The van der Waals surface area contributed by atoms with Gasteiger partial charge in [0.2, 0.25) is 0 Å². The third kappa shape index (κ3) is 3.94. The average molecular weight is 363 g/mol. The Bertz CT molecular complexity index is 868. The minimum absolute atomic E-state index is 0.155. The van der Waals surface area contributed by atoms with Crippen molar-refractivity contribution in [3.8, 4) is 22.4 Å². The van der Waals surface area contributed by atoms with Crippen LogP contribution in [-0.4, -0.2) is 17.1 Å². The molecule has 1 aliphatic rings. The van der Waals surface area contributed by atoms with Gasteiger partial charge in [-0.3, -0.25) is 5.32 Å². The van der Waals surface area contributed by atoms with Crippen molar-refractivity contribution >= 4 is 22.5 Å². The maximum atomic E-state index is 12.1. The highest BCUT2D eigenvalue weighted by Crippen LogP contribution is 2.27. The van der Waals surface area contributed by atoms with Crippen LogP contribution in [-0.2, 0) is 0 Å². The second-order valence-electron chi connectivity index (χ2n) is 6.56. The lowest BCUT2D eigenvalue weighted by Crippen LogP contribution is -2.36. The number of rotatable bonds is 4. The third-order valence-electron chi connectivity index (χ3n) is 4.70. The summed E-state index contributed by atoms with van der Waals surface area (Å²) in [6.07, 6.45) is 4.55. The highest BCUT2D eigenvalue weighted by Gasteiger charge is 2.17. The van der Waals surface area contributed by atoms with Crippen molar-refractivity contribution in [1.82, 2.24) is 10.3 Å². The summed E-state index contributed by atoms with van der Waals surface area (Å²) in [7, 11) is 0. The summed E-state index contributed by atoms with van der Waals surface area (Å²) < 4.78 is 0. The van der Waals surface area contributed by atoms with Crippen LogP contribution in [0.1, 0.15) is 25.7 Å². The fourth-order valence-corrected chi connectivity index (χ4v) is 4.03. The molecule has 0 spiro atoms. The largest absolute Gasteiger partial charge is 0.335 e. The number of amides is 2. The maximum Gasteiger partial charge on any atom is 0.321 e. The molecule has 0 bridgehead atoms. The number of nitrogens with zero attached hydrogens (tertiary/aromatic N) is 1. The van der Waals surface area contributed by atoms with E-state index < -0.39 is 0 Å². The van der Waals surface area contributed by atoms with Crippen LogP contribution < -0.4 is 10.6 Å². The van der Waals surface area contributed by atoms with Crippen LogP contribution in [0.25, 0.3) is 22.4 Å². The molecule has 5 heteroatoms. The van der Waals surface area contributed by atoms with Crippen LogP contribution in [0.5, 0.6) is 0 Å². The molecule has 0 saturated heterocycles. The van der Waals surface area contributed by atoms with Gasteiger partial charge in [-0.05, 0) is 24.0 Å². The number of nitrogens with one attached hydrogen (secondary N) is 2. The van der Waals surface area contributed by atoms with Crippen LogP contribution in [0.2, 0.25) is 0 Å². The van der Waals surface area contributed by atoms with Gasteiger partial charge < -0.3 is 5.32 Å². The molecule has 1 saturated carbocycles. The molecular weight excluding hydrogens is 342 g/mol. The van der Waals surface area contributed by atoms with Crippen molar-refractivity contribution in [1.29, 1.82) is 0 Å². The Hall–Kier alpha value is -2.66. The Balaban J connectivity index is 1.41. The zero-order valence-corrected chi connectivity index (χ0v) is 15.3. The van der Waals surface area contributed by atoms with E-state index in [1.165, 1.54) is 35.3 Å². The summed E-state index contributed by atoms with van der Waals surface area (Å²) in [5, 5.41) is 8.47. The van der Waals surface area contributed by atoms with Gasteiger partial charge in [0.15, 0.2) is 5.13 Å². The molecule has 2 amide bonds. The number of hydrogen-bond acceptors (Lipinski definition) is 3. The summed E-state index contributed by atoms with van der Waals surface area (Å²) in [6.45, 7) is 0. The molecule has 1 heterocycles. The van der Waals surface area contributed by atoms with E-state index in [1.807, 2.05) is 23.6 Å². The van der Waals surface area contributed by atoms with Gasteiger partial charge in [0.1, 0.15) is 0 Å². The van der Waals surface area contributed by atoms with E-state index in [0.717, 1.165) is 24.1 Å². The molecule has 26 heavy (non-hydrogen) atoms. The van der Waals surface area contributed by atoms with Gasteiger partial charge >= 0.3 is 6.03 Å². The molecule has 0 aliphatic heterocycles. The molecule has 0 radical (unpaired) electrons. The monoisotopic (exact) mass is 363 g/mol. The number of thiazole rings is 1. The minimum atomic E-state index is -0.155. The molecule has 4 nitrogen and oxygen atoms in total. The smallest absolute Gasteiger partial charge is 0.321 e. The topological polar surface area (TPSA) is 54.0 Å². The maximum absolute atomic E-state index is 12.1. The van der Waals surface area contributed by atoms with Gasteiger partial charge in [0.05, 0.1) is 5.69 Å². The molecule has 1 aliphatic carbocycles. The number of urea groups is 1. The number of carbonyl (C=O) groups excluding carboxylic acids is 1. The first-order chi connectivity index (χ1) is 12.8. The van der Waals surface area contributed by atoms with Gasteiger partial charge in [-0.2, -0.15) is 0 Å². The molecule has 0 atom stereocenters. The Labute approximate surface area is 157 Å². The van der Waals surface area contributed by atoms with Gasteiger partial charge in [0.25, 0.3) is 0 Å². The fraction of sp³-hybridized carbons (Fsp3) is 0.238. The first-order valence-corrected chi connectivity index (χ1v) is 9.85. The van der Waals surface area contributed by atoms with Crippen LogP contribution in [0.4, 0.5) is 9.93 Å². The fourth-order valence-electron chi connectivity index (χ4n) is 3.32. The number of hydrogen-bond donors (Lipinski definition) is 2. The summed E-state index contributed by atoms with van der Waals surface area (Å²) in [4.78, 5) is 16.6. The molecule has 2 aromatic carbocycles. The van der Waals surface area contributed by atoms with E-state index in [-0.39, 0.29) is 6.03 Å². The number of anilines is 1. The molecule has 1 fully saturated rings. The van der Waals surface area contributed by atoms with Crippen molar-refractivity contribution in [2.45, 2.75) is 31.7 Å². The van der Waals surface area contributed by atoms with Crippen LogP contribution in [0.3, 0.4) is 0 Å². The SMILES string of the molecule is O=C(Nc1nc(-c2ccc(-c3ccccc3)cc2)cs1)NC1CCCC1. The first-order valence-electron chi connectivity index (χ1n) is 8.97. The third-order valence-corrected chi connectivity index (χ3v) is 5.46. The zero-order chi connectivity index (χ0) is 17.8. The minimum Gasteiger partial charge on any atom is -0.335 e. The van der Waals surface area contributed by atoms with Crippen molar-refractivity contribution < 1.29 is 4.79 Å². The van der Waals surface area contributed by atoms with E-state index in [4.69, 9.17) is 0 Å². The lowest BCUT2D eigenvalue weighted by Gasteiger charge is -2.11. The highest BCUT2D eigenvalue weighted by atomic mass is 32.1. The molecule has 0 unspecified atom stereocenters. The van der Waals surface area contributed by atoms with Crippen LogP contribution in [0, 0.1) is 0 Å². The van der Waals surface area contributed by atoms with E-state index in [2.05, 4.69) is 52.0 Å². The van der Waals surface area contributed by atoms with Crippen molar-refractivity contribution in [3.63, 3.8) is 0 Å². The second kappa shape index (κ2) is 7.70. The lowest BCUT2D eigenvalue weighted by molar-refractivity contribution is 0.248. The summed E-state index contributed by atoms with van der Waals surface area (Å²) >= 11 is 1.45. The van der Waals surface area contributed by atoms with E-state index in [1.54, 1.807) is 0 Å². The van der Waals surface area contributed by atoms with E-state index in [9.17, 15) is 4.79 Å². The van der Waals surface area contributed by atoms with Crippen molar-refractivity contribution in [3.05, 3.63) is 60.0 Å². The summed E-state index contributed by atoms with van der Waals surface area (Å²) in [5.74, 6) is 0. The predicted octanol–water partition coefficient (Wildman–Crippen LogP) is 5.54. The van der Waals surface area contributed by atoms with E-state index >= 15 is 0 Å². The van der Waals surface area contributed by atoms with Gasteiger partial charge in [-0.25, -0.2) is 9.78 Å². The van der Waals surface area contributed by atoms with Gasteiger partial charge in [-0.1, -0.05) is 67.4 Å². The highest BCUT2D eigenvalue weighted by molar-refractivity contribution is 7.14. The Morgan fingerprint density at radius 2 is 1.58 bits per heavy atom. The van der Waals surface area contributed by atoms with Crippen molar-refractivity contribution in [2.24, 2.45) is 0 Å². The van der Waals surface area contributed by atoms with Crippen LogP contribution in [0.15, 0.2) is 60.0 Å². The Kier molecular flexibility index (Phi) is 4.97. The first kappa shape index (κ1) is 16.8. The second-order valence-corrected chi connectivity index (χ2v) is 7.42. The molecular formula is C21H21N3OS. The summed E-state index contributed by atoms with van der Waals surface area (Å²) in [5.41, 5.74) is 4.30. The number of carbonyl (C=O) groups is 1. The molecule has 4 rings (SSSR count). The average Bonchev–Trinajstić information content (AvgIpc) is 3.35. The molecule has 132 valence electrons. The van der Waals surface area contributed by atoms with E-state index in [0.29, 0.717) is 11.2 Å². The molecule has 3 aromatic rings. The van der Waals surface area contributed by atoms with Crippen molar-refractivity contribution in [2.75, 3.05) is 5.32 Å². The standard InChI is InChI=1S/C21H21N3OS/c25-20(22-18-8-4-5-9-18)24-21-23-19(14-26-21)17-12-10-16(11-13-17)15-6-2-1-3-7-15/h1-3,6-7,10-14,18H,4-5,8-9H2,(H2,22,23,24,25). The Morgan fingerprint density at radius 3 is 2.31 bits per heavy atom. The van der Waals surface area contributed by atoms with Gasteiger partial charge in [-0.15, -0.1) is 11.3 Å². The molecule has 2 N–H and O–H groups in total. The predicted molar refractivity (Wildman–Crippen MR) is 107 cm³/mol. The quantitative estimate of drug-likeness (QED) is 0.639.